The monoisotopic (exact) mass is 505 g/mol. The molecule has 1 amide bonds. The van der Waals surface area contributed by atoms with E-state index in [1.807, 2.05) is 30.3 Å². The number of hydrogen-bond donors (Lipinski definition) is 4. The molecule has 0 saturated heterocycles. The molecule has 190 valence electrons. The molecule has 0 aliphatic rings. The van der Waals surface area contributed by atoms with Crippen LogP contribution in [0.15, 0.2) is 60.7 Å². The van der Waals surface area contributed by atoms with Gasteiger partial charge in [-0.2, -0.15) is 8.42 Å². The number of nitrogens with one attached hydrogen (secondary N) is 2. The Morgan fingerprint density at radius 3 is 2.29 bits per heavy atom. The number of hydrogen-bond acceptors (Lipinski definition) is 7. The van der Waals surface area contributed by atoms with Gasteiger partial charge in [-0.3, -0.25) is 14.8 Å². The van der Waals surface area contributed by atoms with Crippen LogP contribution in [0.25, 0.3) is 6.08 Å². The number of unbranched alkanes of at least 4 members (excludes halogenated alkanes) is 2. The van der Waals surface area contributed by atoms with Gasteiger partial charge in [-0.25, -0.2) is 4.79 Å². The Labute approximate surface area is 205 Å². The number of carbonyl (C=O) groups is 2. The second kappa shape index (κ2) is 16.0. The van der Waals surface area contributed by atoms with Crippen LogP contribution in [-0.4, -0.2) is 43.7 Å². The Bertz CT molecular complexity index is 1060. The topological polar surface area (TPSA) is 169 Å². The lowest BCUT2D eigenvalue weighted by molar-refractivity contribution is -0.134. The number of alkyl carbamates (subject to hydrolysis) is 1. The lowest BCUT2D eigenvalue weighted by atomic mass is 10.2. The van der Waals surface area contributed by atoms with Gasteiger partial charge < -0.3 is 20.5 Å². The van der Waals surface area contributed by atoms with Crippen molar-refractivity contribution in [2.75, 3.05) is 12.8 Å². The van der Waals surface area contributed by atoms with Crippen LogP contribution in [0.4, 0.5) is 4.79 Å². The Morgan fingerprint density at radius 2 is 1.69 bits per heavy atom. The number of amides is 1. The van der Waals surface area contributed by atoms with E-state index in [0.29, 0.717) is 31.4 Å². The molecule has 35 heavy (non-hydrogen) atoms. The van der Waals surface area contributed by atoms with Crippen molar-refractivity contribution in [1.29, 1.82) is 5.41 Å². The maximum absolute atomic E-state index is 11.9. The molecule has 10 nitrogen and oxygen atoms in total. The molecule has 0 aromatic heterocycles. The first-order chi connectivity index (χ1) is 16.5. The molecule has 0 aliphatic carbocycles. The number of nitrogens with two attached hydrogens (primary N) is 1. The zero-order valence-corrected chi connectivity index (χ0v) is 20.3. The second-order valence-electron chi connectivity index (χ2n) is 7.36. The van der Waals surface area contributed by atoms with Crippen molar-refractivity contribution in [2.24, 2.45) is 5.73 Å². The number of amidine groups is 1. The molecule has 0 spiro atoms. The molecule has 0 aliphatic heterocycles. The van der Waals surface area contributed by atoms with E-state index < -0.39 is 16.2 Å². The highest BCUT2D eigenvalue weighted by molar-refractivity contribution is 7.85. The zero-order chi connectivity index (χ0) is 26.1. The van der Waals surface area contributed by atoms with Gasteiger partial charge in [-0.15, -0.1) is 0 Å². The predicted molar refractivity (Wildman–Crippen MR) is 134 cm³/mol. The largest absolute Gasteiger partial charge is 0.445 e. The van der Waals surface area contributed by atoms with Crippen LogP contribution in [0.5, 0.6) is 5.75 Å². The summed E-state index contributed by atoms with van der Waals surface area (Å²) in [5, 5.41) is 9.85. The van der Waals surface area contributed by atoms with E-state index in [4.69, 9.17) is 25.2 Å². The van der Waals surface area contributed by atoms with Gasteiger partial charge in [-0.05, 0) is 42.2 Å². The van der Waals surface area contributed by atoms with Gasteiger partial charge in [0.25, 0.3) is 10.1 Å². The quantitative estimate of drug-likeness (QED) is 0.0897. The summed E-state index contributed by atoms with van der Waals surface area (Å²) in [6.45, 7) is 0.740. The maximum atomic E-state index is 11.9. The van der Waals surface area contributed by atoms with Gasteiger partial charge in [0.15, 0.2) is 0 Å². The molecular formula is C24H31N3O7S. The number of benzene rings is 2. The lowest BCUT2D eigenvalue weighted by Gasteiger charge is -2.07. The van der Waals surface area contributed by atoms with Crippen LogP contribution in [-0.2, 0) is 26.3 Å². The van der Waals surface area contributed by atoms with Crippen molar-refractivity contribution in [3.05, 3.63) is 71.8 Å². The van der Waals surface area contributed by atoms with Crippen LogP contribution in [0, 0.1) is 5.41 Å². The van der Waals surface area contributed by atoms with Gasteiger partial charge in [0.1, 0.15) is 18.2 Å². The Balaban J connectivity index is 0.00000111. The molecule has 0 radical (unpaired) electrons. The van der Waals surface area contributed by atoms with Crippen molar-refractivity contribution in [1.82, 2.24) is 5.32 Å². The van der Waals surface area contributed by atoms with E-state index in [1.54, 1.807) is 30.3 Å². The fraction of sp³-hybridized carbons (Fsp3) is 0.292. The minimum atomic E-state index is -3.67. The average Bonchev–Trinajstić information content (AvgIpc) is 2.79. The molecule has 2 rings (SSSR count). The highest BCUT2D eigenvalue weighted by atomic mass is 32.2. The van der Waals surface area contributed by atoms with Crippen LogP contribution in [0.3, 0.4) is 0 Å². The molecular weight excluding hydrogens is 474 g/mol. The average molecular weight is 506 g/mol. The number of esters is 1. The molecule has 0 fully saturated rings. The summed E-state index contributed by atoms with van der Waals surface area (Å²) >= 11 is 0. The van der Waals surface area contributed by atoms with Crippen molar-refractivity contribution >= 4 is 34.1 Å². The summed E-state index contributed by atoms with van der Waals surface area (Å²) < 4.78 is 36.3. The van der Waals surface area contributed by atoms with E-state index >= 15 is 0 Å². The predicted octanol–water partition coefficient (Wildman–Crippen LogP) is 3.53. The summed E-state index contributed by atoms with van der Waals surface area (Å²) in [5.74, 6) is 0.157. The molecule has 0 unspecified atom stereocenters. The van der Waals surface area contributed by atoms with E-state index in [-0.39, 0.29) is 18.4 Å². The van der Waals surface area contributed by atoms with Crippen molar-refractivity contribution in [3.63, 3.8) is 0 Å². The third-order valence-electron chi connectivity index (χ3n) is 4.11. The molecule has 0 atom stereocenters. The summed E-state index contributed by atoms with van der Waals surface area (Å²) in [5.41, 5.74) is 7.06. The number of rotatable bonds is 11. The van der Waals surface area contributed by atoms with Crippen LogP contribution >= 0.6 is 0 Å². The van der Waals surface area contributed by atoms with Crippen LogP contribution < -0.4 is 15.8 Å². The van der Waals surface area contributed by atoms with Crippen LogP contribution in [0.1, 0.15) is 36.8 Å². The maximum Gasteiger partial charge on any atom is 0.407 e. The van der Waals surface area contributed by atoms with Crippen molar-refractivity contribution in [3.8, 4) is 5.75 Å². The first kappa shape index (κ1) is 29.3. The van der Waals surface area contributed by atoms with Gasteiger partial charge >= 0.3 is 12.1 Å². The Morgan fingerprint density at radius 1 is 1.06 bits per heavy atom. The Hall–Kier alpha value is -3.70. The van der Waals surface area contributed by atoms with Gasteiger partial charge in [0, 0.05) is 13.0 Å². The summed E-state index contributed by atoms with van der Waals surface area (Å²) in [6.07, 6.45) is 6.00. The second-order valence-corrected chi connectivity index (χ2v) is 8.83. The summed E-state index contributed by atoms with van der Waals surface area (Å²) in [6, 6.07) is 16.4. The lowest BCUT2D eigenvalue weighted by Crippen LogP contribution is -2.25. The van der Waals surface area contributed by atoms with E-state index in [0.717, 1.165) is 24.0 Å². The smallest absolute Gasteiger partial charge is 0.407 e. The summed E-state index contributed by atoms with van der Waals surface area (Å²) in [7, 11) is -3.67. The normalized spacial score (nSPS) is 10.7. The molecule has 2 aromatic carbocycles. The van der Waals surface area contributed by atoms with E-state index in [2.05, 4.69) is 5.32 Å². The van der Waals surface area contributed by atoms with Crippen molar-refractivity contribution < 1.29 is 32.0 Å². The molecule has 5 N–H and O–H groups in total. The van der Waals surface area contributed by atoms with Gasteiger partial charge in [0.05, 0.1) is 6.26 Å². The summed E-state index contributed by atoms with van der Waals surface area (Å²) in [4.78, 5) is 23.5. The molecule has 0 heterocycles. The number of ether oxygens (including phenoxy) is 2. The fourth-order valence-corrected chi connectivity index (χ4v) is 2.55. The molecule has 0 bridgehead atoms. The van der Waals surface area contributed by atoms with Gasteiger partial charge in [-0.1, -0.05) is 55.0 Å². The highest BCUT2D eigenvalue weighted by Crippen LogP contribution is 2.14. The third kappa shape index (κ3) is 17.4. The van der Waals surface area contributed by atoms with E-state index in [9.17, 15) is 18.0 Å². The minimum absolute atomic E-state index is 0.0234. The highest BCUT2D eigenvalue weighted by Gasteiger charge is 2.06. The SMILES string of the molecule is CS(=O)(=O)O.N=C(N)C=Cc1ccc(OC(=O)CCCCCNC(=O)OCc2ccccc2)cc1. The molecule has 0 saturated carbocycles. The van der Waals surface area contributed by atoms with Crippen LogP contribution in [0.2, 0.25) is 0 Å². The van der Waals surface area contributed by atoms with Crippen molar-refractivity contribution in [2.45, 2.75) is 32.3 Å². The van der Waals surface area contributed by atoms with Gasteiger partial charge in [0.2, 0.25) is 0 Å². The standard InChI is InChI=1S/C23H27N3O4.CH4O3S/c24-21(25)15-12-18-10-13-20(14-11-18)30-22(27)9-5-2-6-16-26-23(28)29-17-19-7-3-1-4-8-19;1-5(2,3)4/h1,3-4,7-8,10-15H,2,5-6,9,16-17H2,(H3,24,25)(H,26,28);1H3,(H,2,3,4). The number of carbonyl (C=O) groups excluding carboxylic acids is 2. The fourth-order valence-electron chi connectivity index (χ4n) is 2.55. The van der Waals surface area contributed by atoms with E-state index in [1.165, 1.54) is 6.08 Å². The first-order valence-electron chi connectivity index (χ1n) is 10.7. The minimum Gasteiger partial charge on any atom is -0.445 e. The first-order valence-corrected chi connectivity index (χ1v) is 12.6. The molecule has 11 heteroatoms. The third-order valence-corrected chi connectivity index (χ3v) is 4.11. The molecule has 2 aromatic rings. The Kier molecular flexibility index (Phi) is 13.4. The zero-order valence-electron chi connectivity index (χ0n) is 19.5.